The van der Waals surface area contributed by atoms with Crippen molar-refractivity contribution >= 4 is 5.91 Å². The lowest BCUT2D eigenvalue weighted by Gasteiger charge is -2.03. The minimum Gasteiger partial charge on any atom is -0.366 e. The summed E-state index contributed by atoms with van der Waals surface area (Å²) in [6, 6.07) is 10.6. The van der Waals surface area contributed by atoms with Crippen LogP contribution in [0.15, 0.2) is 42.6 Å². The van der Waals surface area contributed by atoms with Crippen LogP contribution in [0, 0.1) is 0 Å². The molecule has 1 amide bonds. The van der Waals surface area contributed by atoms with Gasteiger partial charge in [-0.15, -0.1) is 0 Å². The number of nitrogens with zero attached hydrogens (tertiary/aromatic N) is 2. The predicted octanol–water partition coefficient (Wildman–Crippen LogP) is 1.24. The molecule has 4 heteroatoms. The molecule has 0 radical (unpaired) electrons. The van der Waals surface area contributed by atoms with E-state index in [0.29, 0.717) is 16.8 Å². The second-order valence-electron chi connectivity index (χ2n) is 3.02. The van der Waals surface area contributed by atoms with Gasteiger partial charge in [0, 0.05) is 17.3 Å². The Labute approximate surface area is 86.8 Å². The van der Waals surface area contributed by atoms with Gasteiger partial charge in [-0.2, -0.15) is 10.2 Å². The highest BCUT2D eigenvalue weighted by Gasteiger charge is 2.09. The van der Waals surface area contributed by atoms with Gasteiger partial charge in [0.25, 0.3) is 0 Å². The molecule has 0 bridgehead atoms. The molecule has 0 aliphatic carbocycles. The average molecular weight is 199 g/mol. The molecule has 0 saturated carbocycles. The highest BCUT2D eigenvalue weighted by atomic mass is 16.1. The largest absolute Gasteiger partial charge is 0.366 e. The molecule has 2 aromatic rings. The summed E-state index contributed by atoms with van der Waals surface area (Å²) in [5.74, 6) is -0.462. The third-order valence-electron chi connectivity index (χ3n) is 2.04. The maximum absolute atomic E-state index is 11.2. The zero-order valence-electron chi connectivity index (χ0n) is 7.92. The lowest BCUT2D eigenvalue weighted by Crippen LogP contribution is -2.12. The molecule has 0 aliphatic heterocycles. The SMILES string of the molecule is NC(=O)c1ccccc1-c1cccnn1. The molecule has 0 spiro atoms. The number of carbonyl (C=O) groups is 1. The lowest BCUT2D eigenvalue weighted by molar-refractivity contribution is 0.100. The molecule has 0 aliphatic rings. The standard InChI is InChI=1S/C11H9N3O/c12-11(15)9-5-2-1-4-8(9)10-6-3-7-13-14-10/h1-7H,(H2,12,15). The molecule has 0 atom stereocenters. The maximum atomic E-state index is 11.2. The molecule has 0 fully saturated rings. The van der Waals surface area contributed by atoms with E-state index in [9.17, 15) is 4.79 Å². The molecular formula is C11H9N3O. The number of aromatic nitrogens is 2. The van der Waals surface area contributed by atoms with Crippen LogP contribution >= 0.6 is 0 Å². The number of amides is 1. The Hall–Kier alpha value is -2.23. The number of nitrogens with two attached hydrogens (primary N) is 1. The molecule has 1 aromatic heterocycles. The maximum Gasteiger partial charge on any atom is 0.249 e. The number of primary amides is 1. The van der Waals surface area contributed by atoms with Crippen LogP contribution in [0.2, 0.25) is 0 Å². The van der Waals surface area contributed by atoms with E-state index in [1.165, 1.54) is 0 Å². The fourth-order valence-corrected chi connectivity index (χ4v) is 1.37. The fourth-order valence-electron chi connectivity index (χ4n) is 1.37. The minimum absolute atomic E-state index is 0.456. The zero-order chi connectivity index (χ0) is 10.7. The van der Waals surface area contributed by atoms with E-state index in [2.05, 4.69) is 10.2 Å². The van der Waals surface area contributed by atoms with Crippen molar-refractivity contribution < 1.29 is 4.79 Å². The van der Waals surface area contributed by atoms with Gasteiger partial charge in [-0.05, 0) is 18.2 Å². The van der Waals surface area contributed by atoms with Crippen molar-refractivity contribution in [1.29, 1.82) is 0 Å². The number of carbonyl (C=O) groups excluding carboxylic acids is 1. The van der Waals surface area contributed by atoms with Crippen LogP contribution in [0.1, 0.15) is 10.4 Å². The molecular weight excluding hydrogens is 190 g/mol. The summed E-state index contributed by atoms with van der Waals surface area (Å²) in [6.45, 7) is 0. The van der Waals surface area contributed by atoms with Crippen molar-refractivity contribution in [3.63, 3.8) is 0 Å². The van der Waals surface area contributed by atoms with Crippen molar-refractivity contribution in [2.24, 2.45) is 5.73 Å². The Morgan fingerprint density at radius 2 is 1.93 bits per heavy atom. The molecule has 0 saturated heterocycles. The van der Waals surface area contributed by atoms with Gasteiger partial charge >= 0.3 is 0 Å². The third-order valence-corrected chi connectivity index (χ3v) is 2.04. The highest BCUT2D eigenvalue weighted by molar-refractivity contribution is 5.99. The van der Waals surface area contributed by atoms with Crippen LogP contribution in [-0.2, 0) is 0 Å². The van der Waals surface area contributed by atoms with Gasteiger partial charge in [0.2, 0.25) is 5.91 Å². The van der Waals surface area contributed by atoms with Crippen LogP contribution in [0.3, 0.4) is 0 Å². The summed E-state index contributed by atoms with van der Waals surface area (Å²) in [7, 11) is 0. The Morgan fingerprint density at radius 3 is 2.60 bits per heavy atom. The minimum atomic E-state index is -0.462. The predicted molar refractivity (Wildman–Crippen MR) is 56.0 cm³/mol. The van der Waals surface area contributed by atoms with Crippen LogP contribution in [0.25, 0.3) is 11.3 Å². The number of rotatable bonds is 2. The molecule has 1 heterocycles. The first-order valence-electron chi connectivity index (χ1n) is 4.46. The Morgan fingerprint density at radius 1 is 1.13 bits per heavy atom. The highest BCUT2D eigenvalue weighted by Crippen LogP contribution is 2.19. The topological polar surface area (TPSA) is 68.9 Å². The van der Waals surface area contributed by atoms with E-state index in [0.717, 1.165) is 0 Å². The zero-order valence-corrected chi connectivity index (χ0v) is 7.92. The van der Waals surface area contributed by atoms with E-state index >= 15 is 0 Å². The summed E-state index contributed by atoms with van der Waals surface area (Å²) in [5, 5.41) is 7.69. The summed E-state index contributed by atoms with van der Waals surface area (Å²) in [5.41, 5.74) is 7.07. The first kappa shape index (κ1) is 9.33. The Bertz CT molecular complexity index is 482. The van der Waals surface area contributed by atoms with Crippen LogP contribution < -0.4 is 5.73 Å². The first-order valence-corrected chi connectivity index (χ1v) is 4.46. The van der Waals surface area contributed by atoms with Gasteiger partial charge in [-0.3, -0.25) is 4.79 Å². The van der Waals surface area contributed by atoms with E-state index in [1.54, 1.807) is 36.5 Å². The van der Waals surface area contributed by atoms with Crippen LogP contribution in [0.5, 0.6) is 0 Å². The van der Waals surface area contributed by atoms with E-state index in [1.807, 2.05) is 6.07 Å². The first-order chi connectivity index (χ1) is 7.29. The smallest absolute Gasteiger partial charge is 0.249 e. The average Bonchev–Trinajstić information content (AvgIpc) is 2.30. The summed E-state index contributed by atoms with van der Waals surface area (Å²) in [6.07, 6.45) is 1.58. The van der Waals surface area contributed by atoms with Crippen molar-refractivity contribution in [2.45, 2.75) is 0 Å². The van der Waals surface area contributed by atoms with Gasteiger partial charge in [-0.1, -0.05) is 18.2 Å². The van der Waals surface area contributed by atoms with Gasteiger partial charge in [0.05, 0.1) is 5.69 Å². The monoisotopic (exact) mass is 199 g/mol. The summed E-state index contributed by atoms with van der Waals surface area (Å²) >= 11 is 0. The number of hydrogen-bond donors (Lipinski definition) is 1. The number of hydrogen-bond acceptors (Lipinski definition) is 3. The fraction of sp³-hybridized carbons (Fsp3) is 0. The summed E-state index contributed by atoms with van der Waals surface area (Å²) < 4.78 is 0. The van der Waals surface area contributed by atoms with E-state index < -0.39 is 5.91 Å². The van der Waals surface area contributed by atoms with E-state index in [4.69, 9.17) is 5.73 Å². The van der Waals surface area contributed by atoms with Gasteiger partial charge in [0.15, 0.2) is 0 Å². The van der Waals surface area contributed by atoms with Gasteiger partial charge in [-0.25, -0.2) is 0 Å². The van der Waals surface area contributed by atoms with Crippen LogP contribution in [0.4, 0.5) is 0 Å². The second-order valence-corrected chi connectivity index (χ2v) is 3.02. The molecule has 2 N–H and O–H groups in total. The van der Waals surface area contributed by atoms with Crippen molar-refractivity contribution in [2.75, 3.05) is 0 Å². The second kappa shape index (κ2) is 3.88. The van der Waals surface area contributed by atoms with Crippen molar-refractivity contribution in [3.05, 3.63) is 48.2 Å². The van der Waals surface area contributed by atoms with Crippen molar-refractivity contribution in [3.8, 4) is 11.3 Å². The number of benzene rings is 1. The van der Waals surface area contributed by atoms with Gasteiger partial charge in [0.1, 0.15) is 0 Å². The van der Waals surface area contributed by atoms with Crippen molar-refractivity contribution in [1.82, 2.24) is 10.2 Å². The van der Waals surface area contributed by atoms with Crippen LogP contribution in [-0.4, -0.2) is 16.1 Å². The Balaban J connectivity index is 2.58. The molecule has 0 unspecified atom stereocenters. The van der Waals surface area contributed by atoms with E-state index in [-0.39, 0.29) is 0 Å². The third kappa shape index (κ3) is 1.83. The molecule has 15 heavy (non-hydrogen) atoms. The normalized spacial score (nSPS) is 9.87. The molecule has 2 rings (SSSR count). The van der Waals surface area contributed by atoms with Gasteiger partial charge < -0.3 is 5.73 Å². The lowest BCUT2D eigenvalue weighted by atomic mass is 10.0. The molecule has 74 valence electrons. The molecule has 1 aromatic carbocycles. The molecule has 4 nitrogen and oxygen atoms in total. The Kier molecular flexibility index (Phi) is 2.41. The summed E-state index contributed by atoms with van der Waals surface area (Å²) in [4.78, 5) is 11.2. The quantitative estimate of drug-likeness (QED) is 0.791.